The lowest BCUT2D eigenvalue weighted by atomic mass is 10.0. The second kappa shape index (κ2) is 9.17. The third kappa shape index (κ3) is 4.71. The normalized spacial score (nSPS) is 10.8. The molecule has 1 heterocycles. The molecule has 0 fully saturated rings. The van der Waals surface area contributed by atoms with Gasteiger partial charge in [0.15, 0.2) is 0 Å². The fourth-order valence-electron chi connectivity index (χ4n) is 2.76. The molecule has 0 amide bonds. The molecule has 0 unspecified atom stereocenters. The number of benzene rings is 2. The van der Waals surface area contributed by atoms with Crippen LogP contribution in [-0.4, -0.2) is 35.2 Å². The first-order valence-corrected chi connectivity index (χ1v) is 8.72. The molecule has 0 aliphatic carbocycles. The van der Waals surface area contributed by atoms with Gasteiger partial charge >= 0.3 is 0 Å². The van der Waals surface area contributed by atoms with Gasteiger partial charge in [-0.2, -0.15) is 5.10 Å². The van der Waals surface area contributed by atoms with Gasteiger partial charge < -0.3 is 14.6 Å². The number of aliphatic hydroxyl groups excluding tert-OH is 1. The molecule has 0 radical (unpaired) electrons. The van der Waals surface area contributed by atoms with Crippen molar-refractivity contribution < 1.29 is 14.6 Å². The van der Waals surface area contributed by atoms with Gasteiger partial charge in [-0.3, -0.25) is 4.68 Å². The summed E-state index contributed by atoms with van der Waals surface area (Å²) >= 11 is 0. The van der Waals surface area contributed by atoms with Crippen LogP contribution in [0.2, 0.25) is 0 Å². The number of aromatic nitrogens is 2. The topological polar surface area (TPSA) is 56.5 Å². The number of methoxy groups -OCH3 is 1. The van der Waals surface area contributed by atoms with E-state index in [0.717, 1.165) is 28.0 Å². The molecule has 2 aromatic carbocycles. The van der Waals surface area contributed by atoms with Crippen molar-refractivity contribution in [1.29, 1.82) is 0 Å². The Kier molecular flexibility index (Phi) is 6.41. The molecule has 3 aromatic rings. The summed E-state index contributed by atoms with van der Waals surface area (Å²) in [6.07, 6.45) is 4.44. The van der Waals surface area contributed by atoms with E-state index in [-0.39, 0.29) is 6.61 Å². The minimum Gasteiger partial charge on any atom is -0.488 e. The lowest BCUT2D eigenvalue weighted by Gasteiger charge is -2.12. The van der Waals surface area contributed by atoms with Gasteiger partial charge in [-0.25, -0.2) is 0 Å². The molecular weight excluding hydrogens is 328 g/mol. The lowest BCUT2D eigenvalue weighted by Crippen LogP contribution is -2.03. The van der Waals surface area contributed by atoms with Crippen LogP contribution < -0.4 is 4.74 Å². The summed E-state index contributed by atoms with van der Waals surface area (Å²) in [5, 5.41) is 13.6. The number of hydrogen-bond acceptors (Lipinski definition) is 4. The highest BCUT2D eigenvalue weighted by atomic mass is 16.5. The number of aliphatic hydroxyl groups is 1. The monoisotopic (exact) mass is 352 g/mol. The molecule has 0 spiro atoms. The van der Waals surface area contributed by atoms with Crippen molar-refractivity contribution in [3.63, 3.8) is 0 Å². The minimum absolute atomic E-state index is 0.122. The minimum atomic E-state index is 0.122. The van der Waals surface area contributed by atoms with E-state index < -0.39 is 0 Å². The molecule has 5 nitrogen and oxygen atoms in total. The molecule has 1 aromatic heterocycles. The van der Waals surface area contributed by atoms with E-state index in [0.29, 0.717) is 26.2 Å². The first-order valence-electron chi connectivity index (χ1n) is 8.72. The summed E-state index contributed by atoms with van der Waals surface area (Å²) in [6, 6.07) is 16.1. The molecule has 0 aliphatic heterocycles. The smallest absolute Gasteiger partial charge is 0.127 e. The van der Waals surface area contributed by atoms with Crippen LogP contribution >= 0.6 is 0 Å². The van der Waals surface area contributed by atoms with Crippen molar-refractivity contribution in [2.24, 2.45) is 0 Å². The van der Waals surface area contributed by atoms with Crippen molar-refractivity contribution in [3.8, 4) is 16.9 Å². The summed E-state index contributed by atoms with van der Waals surface area (Å²) in [7, 11) is 1.68. The molecule has 26 heavy (non-hydrogen) atoms. The van der Waals surface area contributed by atoms with E-state index in [1.165, 1.54) is 0 Å². The van der Waals surface area contributed by atoms with Gasteiger partial charge in [0.05, 0.1) is 19.3 Å². The second-order valence-corrected chi connectivity index (χ2v) is 6.06. The highest BCUT2D eigenvalue weighted by molar-refractivity contribution is 5.70. The fourth-order valence-corrected chi connectivity index (χ4v) is 2.76. The molecule has 0 aliphatic rings. The first-order chi connectivity index (χ1) is 12.8. The zero-order valence-corrected chi connectivity index (χ0v) is 15.0. The van der Waals surface area contributed by atoms with Crippen LogP contribution in [0.4, 0.5) is 0 Å². The van der Waals surface area contributed by atoms with Crippen molar-refractivity contribution in [1.82, 2.24) is 9.78 Å². The largest absolute Gasteiger partial charge is 0.488 e. The molecular formula is C21H24N2O3. The van der Waals surface area contributed by atoms with Crippen LogP contribution in [-0.2, 0) is 24.3 Å². The van der Waals surface area contributed by atoms with Gasteiger partial charge in [0.2, 0.25) is 0 Å². The Balaban J connectivity index is 1.84. The fraction of sp³-hybridized carbons (Fsp3) is 0.286. The summed E-state index contributed by atoms with van der Waals surface area (Å²) < 4.78 is 13.0. The zero-order valence-electron chi connectivity index (χ0n) is 15.0. The van der Waals surface area contributed by atoms with E-state index >= 15 is 0 Å². The Morgan fingerprint density at radius 1 is 1.08 bits per heavy atom. The van der Waals surface area contributed by atoms with E-state index in [9.17, 15) is 5.11 Å². The maximum atomic E-state index is 9.24. The van der Waals surface area contributed by atoms with Crippen LogP contribution in [0.15, 0.2) is 60.9 Å². The number of hydrogen-bond donors (Lipinski definition) is 1. The molecule has 0 saturated heterocycles. The number of ether oxygens (including phenoxy) is 2. The average molecular weight is 352 g/mol. The number of nitrogens with zero attached hydrogens (tertiary/aromatic N) is 2. The Morgan fingerprint density at radius 2 is 1.92 bits per heavy atom. The Labute approximate surface area is 153 Å². The molecule has 0 atom stereocenters. The first kappa shape index (κ1) is 18.2. The standard InChI is InChI=1S/C21H24N2O3/c1-25-12-10-23-15-19(14-22-23)20-13-17(9-11-24)7-8-21(20)26-16-18-5-3-2-4-6-18/h2-8,13-15,24H,9-12,16H2,1H3. The van der Waals surface area contributed by atoms with Crippen LogP contribution in [0.3, 0.4) is 0 Å². The summed E-state index contributed by atoms with van der Waals surface area (Å²) in [5.41, 5.74) is 4.16. The predicted octanol–water partition coefficient (Wildman–Crippen LogP) is 3.31. The van der Waals surface area contributed by atoms with Crippen LogP contribution in [0, 0.1) is 0 Å². The number of rotatable bonds is 9. The second-order valence-electron chi connectivity index (χ2n) is 6.06. The molecule has 0 bridgehead atoms. The highest BCUT2D eigenvalue weighted by Crippen LogP contribution is 2.31. The SMILES string of the molecule is COCCn1cc(-c2cc(CCO)ccc2OCc2ccccc2)cn1. The highest BCUT2D eigenvalue weighted by Gasteiger charge is 2.11. The zero-order chi connectivity index (χ0) is 18.2. The van der Waals surface area contributed by atoms with Crippen LogP contribution in [0.25, 0.3) is 11.1 Å². The third-order valence-corrected chi connectivity index (χ3v) is 4.15. The molecule has 1 N–H and O–H groups in total. The van der Waals surface area contributed by atoms with E-state index in [2.05, 4.69) is 11.2 Å². The predicted molar refractivity (Wildman–Crippen MR) is 101 cm³/mol. The Hall–Kier alpha value is -2.63. The molecule has 0 saturated carbocycles. The molecule has 3 rings (SSSR count). The third-order valence-electron chi connectivity index (χ3n) is 4.15. The average Bonchev–Trinajstić information content (AvgIpc) is 3.15. The van der Waals surface area contributed by atoms with E-state index in [1.54, 1.807) is 7.11 Å². The van der Waals surface area contributed by atoms with Gasteiger partial charge in [0, 0.05) is 31.0 Å². The quantitative estimate of drug-likeness (QED) is 0.642. The van der Waals surface area contributed by atoms with Crippen LogP contribution in [0.5, 0.6) is 5.75 Å². The van der Waals surface area contributed by atoms with Gasteiger partial charge in [-0.15, -0.1) is 0 Å². The Morgan fingerprint density at radius 3 is 2.69 bits per heavy atom. The summed E-state index contributed by atoms with van der Waals surface area (Å²) in [5.74, 6) is 0.807. The molecule has 136 valence electrons. The molecule has 5 heteroatoms. The maximum Gasteiger partial charge on any atom is 0.127 e. The summed E-state index contributed by atoms with van der Waals surface area (Å²) in [6.45, 7) is 1.94. The van der Waals surface area contributed by atoms with Crippen LogP contribution in [0.1, 0.15) is 11.1 Å². The summed E-state index contributed by atoms with van der Waals surface area (Å²) in [4.78, 5) is 0. The van der Waals surface area contributed by atoms with Gasteiger partial charge in [-0.05, 0) is 29.7 Å². The lowest BCUT2D eigenvalue weighted by molar-refractivity contribution is 0.183. The van der Waals surface area contributed by atoms with Crippen molar-refractivity contribution in [2.45, 2.75) is 19.6 Å². The van der Waals surface area contributed by atoms with E-state index in [1.807, 2.05) is 59.5 Å². The van der Waals surface area contributed by atoms with Gasteiger partial charge in [-0.1, -0.05) is 36.4 Å². The van der Waals surface area contributed by atoms with E-state index in [4.69, 9.17) is 9.47 Å². The van der Waals surface area contributed by atoms with Crippen molar-refractivity contribution >= 4 is 0 Å². The maximum absolute atomic E-state index is 9.24. The van der Waals surface area contributed by atoms with Crippen molar-refractivity contribution in [3.05, 3.63) is 72.1 Å². The van der Waals surface area contributed by atoms with Gasteiger partial charge in [0.1, 0.15) is 12.4 Å². The van der Waals surface area contributed by atoms with Crippen molar-refractivity contribution in [2.75, 3.05) is 20.3 Å². The Bertz CT molecular complexity index is 815. The van der Waals surface area contributed by atoms with Gasteiger partial charge in [0.25, 0.3) is 0 Å².